The van der Waals surface area contributed by atoms with E-state index in [9.17, 15) is 0 Å². The topological polar surface area (TPSA) is 98.2 Å². The minimum atomic E-state index is 0.327. The Kier molecular flexibility index (Phi) is 6.44. The fraction of sp³-hybridized carbons (Fsp3) is 0.222. The van der Waals surface area contributed by atoms with Crippen molar-refractivity contribution in [2.75, 3.05) is 12.4 Å². The number of anilines is 1. The van der Waals surface area contributed by atoms with Gasteiger partial charge in [-0.2, -0.15) is 5.10 Å². The third kappa shape index (κ3) is 5.10. The van der Waals surface area contributed by atoms with Crippen LogP contribution in [0.25, 0.3) is 22.2 Å². The monoisotopic (exact) mass is 483 g/mol. The highest BCUT2D eigenvalue weighted by Gasteiger charge is 2.14. The lowest BCUT2D eigenvalue weighted by molar-refractivity contribution is 0.300. The number of aromatic nitrogens is 4. The summed E-state index contributed by atoms with van der Waals surface area (Å²) in [5.74, 6) is 3.50. The van der Waals surface area contributed by atoms with Gasteiger partial charge in [0.1, 0.15) is 35.4 Å². The van der Waals surface area contributed by atoms with Crippen molar-refractivity contribution in [3.8, 4) is 22.6 Å². The molecule has 9 nitrogen and oxygen atoms in total. The van der Waals surface area contributed by atoms with Crippen LogP contribution in [0.3, 0.4) is 0 Å². The van der Waals surface area contributed by atoms with Crippen LogP contribution in [0.5, 0.6) is 11.5 Å². The minimum Gasteiger partial charge on any atom is -0.497 e. The lowest BCUT2D eigenvalue weighted by atomic mass is 10.0. The van der Waals surface area contributed by atoms with Gasteiger partial charge in [0.15, 0.2) is 0 Å². The highest BCUT2D eigenvalue weighted by atomic mass is 16.5. The first kappa shape index (κ1) is 23.2. The summed E-state index contributed by atoms with van der Waals surface area (Å²) >= 11 is 0. The molecule has 3 N–H and O–H groups in total. The Bertz CT molecular complexity index is 1440. The van der Waals surface area contributed by atoms with Gasteiger partial charge < -0.3 is 20.2 Å². The highest BCUT2D eigenvalue weighted by molar-refractivity contribution is 5.82. The second-order valence-corrected chi connectivity index (χ2v) is 8.84. The van der Waals surface area contributed by atoms with Crippen LogP contribution >= 0.6 is 0 Å². The highest BCUT2D eigenvalue weighted by Crippen LogP contribution is 2.27. The van der Waals surface area contributed by atoms with E-state index in [1.807, 2.05) is 68.1 Å². The van der Waals surface area contributed by atoms with Crippen LogP contribution in [0.1, 0.15) is 19.5 Å². The molecule has 0 amide bonds. The zero-order chi connectivity index (χ0) is 25.1. The van der Waals surface area contributed by atoms with Crippen molar-refractivity contribution in [1.29, 1.82) is 0 Å². The van der Waals surface area contributed by atoms with Crippen molar-refractivity contribution in [3.05, 3.63) is 84.2 Å². The van der Waals surface area contributed by atoms with Crippen LogP contribution in [0.2, 0.25) is 0 Å². The third-order valence-corrected chi connectivity index (χ3v) is 5.87. The summed E-state index contributed by atoms with van der Waals surface area (Å²) in [6.45, 7) is 4.64. The van der Waals surface area contributed by atoms with E-state index in [0.717, 1.165) is 51.0 Å². The number of pyridine rings is 2. The Morgan fingerprint density at radius 1 is 1.06 bits per heavy atom. The first-order chi connectivity index (χ1) is 17.5. The second-order valence-electron chi connectivity index (χ2n) is 8.84. The Balaban J connectivity index is 1.38. The number of hydrazine groups is 1. The number of aryl methyl sites for hydroxylation is 1. The van der Waals surface area contributed by atoms with E-state index < -0.39 is 0 Å². The molecule has 0 bridgehead atoms. The number of hydrogen-bond donors (Lipinski definition) is 3. The lowest BCUT2D eigenvalue weighted by Gasteiger charge is -2.20. The summed E-state index contributed by atoms with van der Waals surface area (Å²) < 4.78 is 13.0. The molecule has 0 fully saturated rings. The average Bonchev–Trinajstić information content (AvgIpc) is 3.28. The number of allylic oxidation sites excluding steroid dienone is 2. The molecular weight excluding hydrogens is 454 g/mol. The van der Waals surface area contributed by atoms with E-state index >= 15 is 0 Å². The number of fused-ring (bicyclic) bond motifs is 1. The molecule has 5 rings (SSSR count). The lowest BCUT2D eigenvalue weighted by Crippen LogP contribution is -2.33. The fourth-order valence-corrected chi connectivity index (χ4v) is 3.91. The van der Waals surface area contributed by atoms with Gasteiger partial charge in [0.05, 0.1) is 18.1 Å². The summed E-state index contributed by atoms with van der Waals surface area (Å²) in [6.07, 6.45) is 7.86. The molecule has 4 aromatic rings. The minimum absolute atomic E-state index is 0.327. The fourth-order valence-electron chi connectivity index (χ4n) is 3.91. The molecule has 0 aliphatic carbocycles. The predicted molar refractivity (Wildman–Crippen MR) is 140 cm³/mol. The standard InChI is InChI=1S/C27H29N7O2/c1-17(2)18-12-27(32-29-14-18)31-26-10-9-23-24(30-26)11-19(13-28-23)22-15-34(3)33-25(22)16-36-21-7-5-20(35-4)6-8-21/h5-15,17,29,32H,16H2,1-4H3,(H,30,31). The largest absolute Gasteiger partial charge is 0.497 e. The van der Waals surface area contributed by atoms with Crippen LogP contribution in [-0.2, 0) is 13.7 Å². The normalized spacial score (nSPS) is 13.0. The van der Waals surface area contributed by atoms with Gasteiger partial charge in [-0.05, 0) is 60.0 Å². The van der Waals surface area contributed by atoms with Gasteiger partial charge in [0.2, 0.25) is 0 Å². The van der Waals surface area contributed by atoms with Crippen molar-refractivity contribution in [3.63, 3.8) is 0 Å². The molecule has 1 aliphatic heterocycles. The first-order valence-electron chi connectivity index (χ1n) is 11.8. The number of ether oxygens (including phenoxy) is 2. The maximum absolute atomic E-state index is 5.98. The smallest absolute Gasteiger partial charge is 0.133 e. The van der Waals surface area contributed by atoms with E-state index in [-0.39, 0.29) is 0 Å². The summed E-state index contributed by atoms with van der Waals surface area (Å²) in [7, 11) is 3.54. The Morgan fingerprint density at radius 3 is 2.64 bits per heavy atom. The van der Waals surface area contributed by atoms with Crippen molar-refractivity contribution in [2.45, 2.75) is 20.5 Å². The van der Waals surface area contributed by atoms with Crippen molar-refractivity contribution < 1.29 is 9.47 Å². The number of nitrogens with one attached hydrogen (secondary N) is 3. The van der Waals surface area contributed by atoms with Crippen LogP contribution in [0, 0.1) is 5.92 Å². The molecule has 36 heavy (non-hydrogen) atoms. The zero-order valence-corrected chi connectivity index (χ0v) is 20.7. The Morgan fingerprint density at radius 2 is 1.86 bits per heavy atom. The molecule has 4 heterocycles. The predicted octanol–water partition coefficient (Wildman–Crippen LogP) is 4.52. The van der Waals surface area contributed by atoms with Gasteiger partial charge in [-0.15, -0.1) is 0 Å². The maximum atomic E-state index is 5.98. The Labute approximate surface area is 209 Å². The molecule has 0 saturated heterocycles. The van der Waals surface area contributed by atoms with Gasteiger partial charge in [-0.25, -0.2) is 4.98 Å². The maximum Gasteiger partial charge on any atom is 0.133 e. The zero-order valence-electron chi connectivity index (χ0n) is 20.7. The van der Waals surface area contributed by atoms with Crippen molar-refractivity contribution in [2.24, 2.45) is 13.0 Å². The quantitative estimate of drug-likeness (QED) is 0.337. The molecular formula is C27H29N7O2. The third-order valence-electron chi connectivity index (χ3n) is 5.87. The van der Waals surface area contributed by atoms with Gasteiger partial charge in [0, 0.05) is 36.8 Å². The SMILES string of the molecule is COc1ccc(OCc2nn(C)cc2-c2cnc3ccc(NC4=CC(C(C)C)=CNN4)nc3c2)cc1. The molecule has 0 saturated carbocycles. The van der Waals surface area contributed by atoms with E-state index in [0.29, 0.717) is 12.5 Å². The van der Waals surface area contributed by atoms with Crippen LogP contribution < -0.4 is 25.6 Å². The second kappa shape index (κ2) is 9.99. The van der Waals surface area contributed by atoms with E-state index in [1.165, 1.54) is 5.57 Å². The molecule has 0 radical (unpaired) electrons. The van der Waals surface area contributed by atoms with Crippen molar-refractivity contribution in [1.82, 2.24) is 30.6 Å². The molecule has 184 valence electrons. The van der Waals surface area contributed by atoms with Gasteiger partial charge >= 0.3 is 0 Å². The van der Waals surface area contributed by atoms with Crippen LogP contribution in [-0.4, -0.2) is 26.9 Å². The van der Waals surface area contributed by atoms with E-state index in [1.54, 1.807) is 11.8 Å². The van der Waals surface area contributed by atoms with E-state index in [2.05, 4.69) is 46.2 Å². The molecule has 1 aromatic carbocycles. The molecule has 0 atom stereocenters. The Hall–Kier alpha value is -4.53. The molecule has 9 heteroatoms. The number of rotatable bonds is 8. The number of hydrogen-bond acceptors (Lipinski definition) is 8. The number of nitrogens with zero attached hydrogens (tertiary/aromatic N) is 4. The summed E-state index contributed by atoms with van der Waals surface area (Å²) in [4.78, 5) is 9.43. The van der Waals surface area contributed by atoms with Gasteiger partial charge in [0.25, 0.3) is 0 Å². The average molecular weight is 484 g/mol. The summed E-state index contributed by atoms with van der Waals surface area (Å²) in [5.41, 5.74) is 11.7. The van der Waals surface area contributed by atoms with Crippen molar-refractivity contribution >= 4 is 16.9 Å². The molecule has 0 unspecified atom stereocenters. The summed E-state index contributed by atoms with van der Waals surface area (Å²) in [6, 6.07) is 13.4. The van der Waals surface area contributed by atoms with Gasteiger partial charge in [-0.3, -0.25) is 15.1 Å². The molecule has 1 aliphatic rings. The molecule has 3 aromatic heterocycles. The van der Waals surface area contributed by atoms with Crippen LogP contribution in [0.15, 0.2) is 78.5 Å². The number of benzene rings is 1. The number of methoxy groups -OCH3 is 1. The van der Waals surface area contributed by atoms with Gasteiger partial charge in [-0.1, -0.05) is 13.8 Å². The van der Waals surface area contributed by atoms with E-state index in [4.69, 9.17) is 14.5 Å². The first-order valence-corrected chi connectivity index (χ1v) is 11.8. The summed E-state index contributed by atoms with van der Waals surface area (Å²) in [5, 5.41) is 7.95. The molecule has 0 spiro atoms. The van der Waals surface area contributed by atoms with Crippen LogP contribution in [0.4, 0.5) is 5.82 Å².